The van der Waals surface area contributed by atoms with Crippen LogP contribution in [0.15, 0.2) is 42.5 Å². The Bertz CT molecular complexity index is 790. The molecule has 1 aliphatic rings. The molecule has 0 bridgehead atoms. The second-order valence-electron chi connectivity index (χ2n) is 5.81. The van der Waals surface area contributed by atoms with E-state index in [1.165, 1.54) is 12.1 Å². The van der Waals surface area contributed by atoms with Gasteiger partial charge in [-0.25, -0.2) is 0 Å². The number of nitrogens with zero attached hydrogens (tertiary/aromatic N) is 1. The molecule has 0 radical (unpaired) electrons. The Morgan fingerprint density at radius 2 is 1.96 bits per heavy atom. The van der Waals surface area contributed by atoms with E-state index >= 15 is 0 Å². The number of hydrogen-bond donors (Lipinski definition) is 1. The highest BCUT2D eigenvalue weighted by Crippen LogP contribution is 2.32. The second kappa shape index (κ2) is 6.66. The summed E-state index contributed by atoms with van der Waals surface area (Å²) >= 11 is 0. The standard InChI is InChI=1S/C18H17F3N2O2/c19-18(20,21)12-4-1-5-13(10-12)25-11-17(24)23-9-3-6-14-15(22)7-2-8-16(14)23/h1-2,4-5,7-8,10H,3,6,9,11,22H2. The predicted octanol–water partition coefficient (Wildman–Crippen LogP) is 3.65. The second-order valence-corrected chi connectivity index (χ2v) is 5.81. The fourth-order valence-electron chi connectivity index (χ4n) is 2.90. The first kappa shape index (κ1) is 17.1. The maximum atomic E-state index is 12.7. The van der Waals surface area contributed by atoms with Crippen LogP contribution in [0.4, 0.5) is 24.5 Å². The number of alkyl halides is 3. The first-order chi connectivity index (χ1) is 11.9. The van der Waals surface area contributed by atoms with Crippen LogP contribution in [0.25, 0.3) is 0 Å². The molecule has 0 saturated carbocycles. The maximum absolute atomic E-state index is 12.7. The smallest absolute Gasteiger partial charge is 0.416 e. The molecule has 2 N–H and O–H groups in total. The monoisotopic (exact) mass is 350 g/mol. The van der Waals surface area contributed by atoms with E-state index in [1.807, 2.05) is 6.07 Å². The van der Waals surface area contributed by atoms with Crippen LogP contribution in [0.5, 0.6) is 5.75 Å². The summed E-state index contributed by atoms with van der Waals surface area (Å²) < 4.78 is 43.4. The number of carbonyl (C=O) groups excluding carboxylic acids is 1. The summed E-state index contributed by atoms with van der Waals surface area (Å²) in [5.74, 6) is -0.308. The van der Waals surface area contributed by atoms with Gasteiger partial charge in [0.25, 0.3) is 5.91 Å². The fourth-order valence-corrected chi connectivity index (χ4v) is 2.90. The van der Waals surface area contributed by atoms with Crippen LogP contribution in [-0.2, 0) is 17.4 Å². The number of rotatable bonds is 3. The van der Waals surface area contributed by atoms with E-state index in [0.29, 0.717) is 12.2 Å². The highest BCUT2D eigenvalue weighted by atomic mass is 19.4. The average molecular weight is 350 g/mol. The van der Waals surface area contributed by atoms with E-state index in [4.69, 9.17) is 10.5 Å². The zero-order chi connectivity index (χ0) is 18.0. The van der Waals surface area contributed by atoms with E-state index in [1.54, 1.807) is 17.0 Å². The third kappa shape index (κ3) is 3.70. The van der Waals surface area contributed by atoms with Gasteiger partial charge in [0.2, 0.25) is 0 Å². The maximum Gasteiger partial charge on any atom is 0.416 e. The molecule has 0 unspecified atom stereocenters. The van der Waals surface area contributed by atoms with Crippen LogP contribution in [0.1, 0.15) is 17.5 Å². The number of carbonyl (C=O) groups is 1. The van der Waals surface area contributed by atoms with Gasteiger partial charge in [0.1, 0.15) is 5.75 Å². The number of fused-ring (bicyclic) bond motifs is 1. The van der Waals surface area contributed by atoms with Crippen molar-refractivity contribution < 1.29 is 22.7 Å². The Balaban J connectivity index is 1.72. The molecular formula is C18H17F3N2O2. The summed E-state index contributed by atoms with van der Waals surface area (Å²) in [7, 11) is 0. The summed E-state index contributed by atoms with van der Waals surface area (Å²) in [5, 5.41) is 0. The van der Waals surface area contributed by atoms with Crippen molar-refractivity contribution in [1.29, 1.82) is 0 Å². The molecule has 25 heavy (non-hydrogen) atoms. The van der Waals surface area contributed by atoms with E-state index < -0.39 is 11.7 Å². The van der Waals surface area contributed by atoms with Crippen molar-refractivity contribution in [2.75, 3.05) is 23.8 Å². The third-order valence-electron chi connectivity index (χ3n) is 4.11. The van der Waals surface area contributed by atoms with Crippen molar-refractivity contribution in [3.05, 3.63) is 53.6 Å². The number of nitrogens with two attached hydrogens (primary N) is 1. The highest BCUT2D eigenvalue weighted by Gasteiger charge is 2.31. The van der Waals surface area contributed by atoms with Gasteiger partial charge in [-0.15, -0.1) is 0 Å². The minimum Gasteiger partial charge on any atom is -0.484 e. The highest BCUT2D eigenvalue weighted by molar-refractivity contribution is 5.96. The van der Waals surface area contributed by atoms with Crippen LogP contribution in [-0.4, -0.2) is 19.1 Å². The summed E-state index contributed by atoms with van der Waals surface area (Å²) in [6, 6.07) is 9.85. The molecule has 0 aliphatic carbocycles. The number of hydrogen-bond acceptors (Lipinski definition) is 3. The zero-order valence-electron chi connectivity index (χ0n) is 13.3. The molecule has 7 heteroatoms. The molecule has 2 aromatic carbocycles. The van der Waals surface area contributed by atoms with Gasteiger partial charge in [-0.1, -0.05) is 12.1 Å². The number of anilines is 2. The van der Waals surface area contributed by atoms with Gasteiger partial charge in [-0.2, -0.15) is 13.2 Å². The van der Waals surface area contributed by atoms with Crippen LogP contribution in [0.3, 0.4) is 0 Å². The van der Waals surface area contributed by atoms with Crippen molar-refractivity contribution in [3.63, 3.8) is 0 Å². The summed E-state index contributed by atoms with van der Waals surface area (Å²) in [4.78, 5) is 14.0. The average Bonchev–Trinajstić information content (AvgIpc) is 2.59. The number of amides is 1. The summed E-state index contributed by atoms with van der Waals surface area (Å²) in [6.45, 7) is 0.191. The van der Waals surface area contributed by atoms with Gasteiger partial charge < -0.3 is 15.4 Å². The first-order valence-electron chi connectivity index (χ1n) is 7.84. The molecular weight excluding hydrogens is 333 g/mol. The molecule has 2 aromatic rings. The van der Waals surface area contributed by atoms with Gasteiger partial charge in [0, 0.05) is 17.9 Å². The predicted molar refractivity (Wildman–Crippen MR) is 88.5 cm³/mol. The van der Waals surface area contributed by atoms with Crippen molar-refractivity contribution in [2.24, 2.45) is 0 Å². The van der Waals surface area contributed by atoms with E-state index in [9.17, 15) is 18.0 Å². The molecule has 0 fully saturated rings. The molecule has 0 saturated heterocycles. The van der Waals surface area contributed by atoms with Gasteiger partial charge in [-0.3, -0.25) is 4.79 Å². The molecule has 0 atom stereocenters. The fraction of sp³-hybridized carbons (Fsp3) is 0.278. The molecule has 4 nitrogen and oxygen atoms in total. The van der Waals surface area contributed by atoms with Gasteiger partial charge >= 0.3 is 6.18 Å². The quantitative estimate of drug-likeness (QED) is 0.860. The lowest BCUT2D eigenvalue weighted by molar-refractivity contribution is -0.137. The molecule has 3 rings (SSSR count). The molecule has 1 amide bonds. The first-order valence-corrected chi connectivity index (χ1v) is 7.84. The van der Waals surface area contributed by atoms with Crippen LogP contribution in [0.2, 0.25) is 0 Å². The number of halogens is 3. The summed E-state index contributed by atoms with van der Waals surface area (Å²) in [6.07, 6.45) is -2.89. The number of ether oxygens (including phenoxy) is 1. The Morgan fingerprint density at radius 3 is 2.72 bits per heavy atom. The molecule has 0 aromatic heterocycles. The van der Waals surface area contributed by atoms with Crippen LogP contribution < -0.4 is 15.4 Å². The number of benzene rings is 2. The number of nitrogen functional groups attached to an aromatic ring is 1. The van der Waals surface area contributed by atoms with Crippen LogP contribution >= 0.6 is 0 Å². The van der Waals surface area contributed by atoms with E-state index in [-0.39, 0.29) is 18.3 Å². The van der Waals surface area contributed by atoms with Crippen molar-refractivity contribution >= 4 is 17.3 Å². The van der Waals surface area contributed by atoms with Crippen LogP contribution in [0, 0.1) is 0 Å². The Kier molecular flexibility index (Phi) is 4.57. The normalized spacial score (nSPS) is 14.1. The lowest BCUT2D eigenvalue weighted by atomic mass is 10.00. The molecule has 0 spiro atoms. The topological polar surface area (TPSA) is 55.6 Å². The van der Waals surface area contributed by atoms with Crippen molar-refractivity contribution in [2.45, 2.75) is 19.0 Å². The van der Waals surface area contributed by atoms with E-state index in [0.717, 1.165) is 36.2 Å². The van der Waals surface area contributed by atoms with E-state index in [2.05, 4.69) is 0 Å². The molecule has 132 valence electrons. The lowest BCUT2D eigenvalue weighted by Gasteiger charge is -2.30. The van der Waals surface area contributed by atoms with Gasteiger partial charge in [0.15, 0.2) is 6.61 Å². The minimum atomic E-state index is -4.45. The SMILES string of the molecule is Nc1cccc2c1CCCN2C(=O)COc1cccc(C(F)(F)F)c1. The Labute approximate surface area is 143 Å². The Hall–Kier alpha value is -2.70. The van der Waals surface area contributed by atoms with Gasteiger partial charge in [0.05, 0.1) is 5.56 Å². The van der Waals surface area contributed by atoms with Crippen molar-refractivity contribution in [1.82, 2.24) is 0 Å². The zero-order valence-corrected chi connectivity index (χ0v) is 13.3. The molecule has 1 aliphatic heterocycles. The molecule has 1 heterocycles. The van der Waals surface area contributed by atoms with Crippen molar-refractivity contribution in [3.8, 4) is 5.75 Å². The lowest BCUT2D eigenvalue weighted by Crippen LogP contribution is -2.38. The largest absolute Gasteiger partial charge is 0.484 e. The Morgan fingerprint density at radius 1 is 1.20 bits per heavy atom. The summed E-state index contributed by atoms with van der Waals surface area (Å²) in [5.41, 5.74) is 7.43. The minimum absolute atomic E-state index is 0.00739. The van der Waals surface area contributed by atoms with Gasteiger partial charge in [-0.05, 0) is 48.7 Å². The third-order valence-corrected chi connectivity index (χ3v) is 4.11.